The van der Waals surface area contributed by atoms with Crippen LogP contribution >= 0.6 is 0 Å². The Labute approximate surface area is 150 Å². The van der Waals surface area contributed by atoms with E-state index in [0.717, 1.165) is 26.1 Å². The maximum absolute atomic E-state index is 12.6. The Bertz CT molecular complexity index is 620. The van der Waals surface area contributed by atoms with E-state index in [4.69, 9.17) is 11.2 Å². The molecule has 134 valence electrons. The van der Waals surface area contributed by atoms with Crippen molar-refractivity contribution in [2.45, 2.75) is 25.7 Å². The number of para-hydroxylation sites is 2. The predicted molar refractivity (Wildman–Crippen MR) is 99.8 cm³/mol. The Balaban J connectivity index is 1.51. The molecule has 5 nitrogen and oxygen atoms in total. The van der Waals surface area contributed by atoms with Crippen LogP contribution in [0, 0.1) is 18.3 Å². The van der Waals surface area contributed by atoms with Crippen LogP contribution in [-0.2, 0) is 0 Å². The molecule has 0 aromatic heterocycles. The van der Waals surface area contributed by atoms with Crippen LogP contribution < -0.4 is 10.1 Å². The number of hydrogen-bond donors (Lipinski definition) is 1. The van der Waals surface area contributed by atoms with Gasteiger partial charge in [-0.3, -0.25) is 0 Å². The largest absolute Gasteiger partial charge is 0.479 e. The summed E-state index contributed by atoms with van der Waals surface area (Å²) >= 11 is 0. The number of likely N-dealkylation sites (tertiary alicyclic amines) is 2. The normalized spacial score (nSPS) is 20.9. The maximum atomic E-state index is 12.6. The third-order valence-electron chi connectivity index (χ3n) is 4.98. The van der Waals surface area contributed by atoms with Gasteiger partial charge in [0.15, 0.2) is 0 Å². The second-order valence-electron chi connectivity index (χ2n) is 6.88. The molecule has 3 rings (SSSR count). The van der Waals surface area contributed by atoms with E-state index in [9.17, 15) is 4.79 Å². The van der Waals surface area contributed by atoms with Gasteiger partial charge >= 0.3 is 6.03 Å². The van der Waals surface area contributed by atoms with Gasteiger partial charge in [0.25, 0.3) is 0 Å². The highest BCUT2D eigenvalue weighted by molar-refractivity contribution is 5.91. The second-order valence-corrected chi connectivity index (χ2v) is 6.88. The second kappa shape index (κ2) is 8.77. The number of urea groups is 1. The molecule has 1 N–H and O–H groups in total. The Morgan fingerprint density at radius 1 is 1.24 bits per heavy atom. The van der Waals surface area contributed by atoms with Crippen LogP contribution in [0.25, 0.3) is 0 Å². The van der Waals surface area contributed by atoms with Crippen molar-refractivity contribution in [3.8, 4) is 18.1 Å². The molecule has 1 atom stereocenters. The van der Waals surface area contributed by atoms with E-state index >= 15 is 0 Å². The summed E-state index contributed by atoms with van der Waals surface area (Å²) in [5.41, 5.74) is 0.669. The van der Waals surface area contributed by atoms with Crippen molar-refractivity contribution in [3.63, 3.8) is 0 Å². The van der Waals surface area contributed by atoms with Gasteiger partial charge in [0.1, 0.15) is 12.4 Å². The van der Waals surface area contributed by atoms with E-state index in [1.807, 2.05) is 29.2 Å². The molecule has 0 saturated carbocycles. The van der Waals surface area contributed by atoms with Crippen molar-refractivity contribution in [2.24, 2.45) is 5.92 Å². The molecule has 2 saturated heterocycles. The fourth-order valence-electron chi connectivity index (χ4n) is 3.68. The van der Waals surface area contributed by atoms with Crippen molar-refractivity contribution in [1.29, 1.82) is 0 Å². The zero-order valence-electron chi connectivity index (χ0n) is 14.7. The number of nitrogens with one attached hydrogen (secondary N) is 1. The average molecular weight is 341 g/mol. The number of terminal acetylenes is 1. The molecule has 5 heteroatoms. The minimum Gasteiger partial charge on any atom is -0.479 e. The van der Waals surface area contributed by atoms with Gasteiger partial charge in [-0.1, -0.05) is 24.5 Å². The Morgan fingerprint density at radius 3 is 2.84 bits per heavy atom. The summed E-state index contributed by atoms with van der Waals surface area (Å²) in [6, 6.07) is 7.34. The molecule has 2 amide bonds. The number of ether oxygens (including phenoxy) is 1. The first-order valence-corrected chi connectivity index (χ1v) is 9.20. The summed E-state index contributed by atoms with van der Waals surface area (Å²) in [5.74, 6) is 3.64. The van der Waals surface area contributed by atoms with Crippen molar-refractivity contribution in [2.75, 3.05) is 44.6 Å². The molecular formula is C20H27N3O2. The number of hydrogen-bond acceptors (Lipinski definition) is 3. The monoisotopic (exact) mass is 341 g/mol. The lowest BCUT2D eigenvalue weighted by Gasteiger charge is -2.29. The highest BCUT2D eigenvalue weighted by Gasteiger charge is 2.28. The van der Waals surface area contributed by atoms with Gasteiger partial charge in [0.2, 0.25) is 0 Å². The van der Waals surface area contributed by atoms with Crippen molar-refractivity contribution < 1.29 is 9.53 Å². The van der Waals surface area contributed by atoms with Crippen molar-refractivity contribution in [3.05, 3.63) is 24.3 Å². The molecule has 0 unspecified atom stereocenters. The summed E-state index contributed by atoms with van der Waals surface area (Å²) in [6.07, 6.45) is 10.3. The van der Waals surface area contributed by atoms with E-state index in [0.29, 0.717) is 17.4 Å². The summed E-state index contributed by atoms with van der Waals surface area (Å²) in [7, 11) is 0. The van der Waals surface area contributed by atoms with Crippen molar-refractivity contribution in [1.82, 2.24) is 9.80 Å². The fraction of sp³-hybridized carbons (Fsp3) is 0.550. The Morgan fingerprint density at radius 2 is 2.04 bits per heavy atom. The number of rotatable bonds is 5. The van der Waals surface area contributed by atoms with E-state index < -0.39 is 0 Å². The minimum absolute atomic E-state index is 0.0575. The van der Waals surface area contributed by atoms with E-state index in [-0.39, 0.29) is 12.6 Å². The number of piperidine rings is 1. The molecule has 2 fully saturated rings. The number of amides is 2. The summed E-state index contributed by atoms with van der Waals surface area (Å²) in [6.45, 7) is 5.37. The molecule has 0 spiro atoms. The number of carbonyl (C=O) groups is 1. The third kappa shape index (κ3) is 4.90. The highest BCUT2D eigenvalue weighted by Crippen LogP contribution is 2.25. The van der Waals surface area contributed by atoms with Gasteiger partial charge in [-0.15, -0.1) is 6.42 Å². The smallest absolute Gasteiger partial charge is 0.321 e. The molecule has 2 aliphatic rings. The fourth-order valence-corrected chi connectivity index (χ4v) is 3.68. The number of benzene rings is 1. The lowest BCUT2D eigenvalue weighted by Crippen LogP contribution is -2.37. The number of nitrogens with zero attached hydrogens (tertiary/aromatic N) is 2. The molecule has 0 aliphatic carbocycles. The van der Waals surface area contributed by atoms with Gasteiger partial charge in [0, 0.05) is 19.6 Å². The predicted octanol–water partition coefficient (Wildman–Crippen LogP) is 3.04. The van der Waals surface area contributed by atoms with Gasteiger partial charge in [-0.25, -0.2) is 4.79 Å². The van der Waals surface area contributed by atoms with Crippen LogP contribution in [0.5, 0.6) is 5.75 Å². The summed E-state index contributed by atoms with van der Waals surface area (Å²) in [4.78, 5) is 17.0. The third-order valence-corrected chi connectivity index (χ3v) is 4.98. The first kappa shape index (κ1) is 17.6. The SMILES string of the molecule is C#CCOc1ccccc1NC(=O)N1CC[C@@H](CN2CCCCC2)C1. The van der Waals surface area contributed by atoms with Gasteiger partial charge in [-0.05, 0) is 50.4 Å². The summed E-state index contributed by atoms with van der Waals surface area (Å²) < 4.78 is 5.50. The molecule has 1 aromatic rings. The number of carbonyl (C=O) groups excluding carboxylic acids is 1. The van der Waals surface area contributed by atoms with Crippen LogP contribution in [0.1, 0.15) is 25.7 Å². The zero-order chi connectivity index (χ0) is 17.5. The van der Waals surface area contributed by atoms with Crippen LogP contribution in [0.15, 0.2) is 24.3 Å². The molecule has 25 heavy (non-hydrogen) atoms. The van der Waals surface area contributed by atoms with Crippen LogP contribution in [0.2, 0.25) is 0 Å². The molecular weight excluding hydrogens is 314 g/mol. The average Bonchev–Trinajstić information content (AvgIpc) is 3.10. The molecule has 1 aromatic carbocycles. The van der Waals surface area contributed by atoms with Crippen LogP contribution in [0.3, 0.4) is 0 Å². The van der Waals surface area contributed by atoms with E-state index in [1.165, 1.54) is 32.4 Å². The van der Waals surface area contributed by atoms with Gasteiger partial charge < -0.3 is 19.9 Å². The lowest BCUT2D eigenvalue weighted by atomic mass is 10.1. The number of anilines is 1. The van der Waals surface area contributed by atoms with Crippen LogP contribution in [0.4, 0.5) is 10.5 Å². The first-order valence-electron chi connectivity index (χ1n) is 9.20. The lowest BCUT2D eigenvalue weighted by molar-refractivity contribution is 0.192. The van der Waals surface area contributed by atoms with Gasteiger partial charge in [-0.2, -0.15) is 0 Å². The molecule has 2 heterocycles. The van der Waals surface area contributed by atoms with E-state index in [1.54, 1.807) is 0 Å². The first-order chi connectivity index (χ1) is 12.3. The van der Waals surface area contributed by atoms with Crippen LogP contribution in [-0.4, -0.2) is 55.2 Å². The topological polar surface area (TPSA) is 44.8 Å². The Kier molecular flexibility index (Phi) is 6.19. The van der Waals surface area contributed by atoms with E-state index in [2.05, 4.69) is 16.1 Å². The molecule has 0 radical (unpaired) electrons. The maximum Gasteiger partial charge on any atom is 0.321 e. The Hall–Kier alpha value is -2.19. The molecule has 2 aliphatic heterocycles. The standard InChI is InChI=1S/C20H27N3O2/c1-2-14-25-19-9-5-4-8-18(19)21-20(24)23-13-10-17(16-23)15-22-11-6-3-7-12-22/h1,4-5,8-9,17H,3,6-7,10-16H2,(H,21,24)/t17-/m0/s1. The minimum atomic E-state index is -0.0575. The highest BCUT2D eigenvalue weighted by atomic mass is 16.5. The van der Waals surface area contributed by atoms with Gasteiger partial charge in [0.05, 0.1) is 5.69 Å². The molecule has 0 bridgehead atoms. The zero-order valence-corrected chi connectivity index (χ0v) is 14.7. The summed E-state index contributed by atoms with van der Waals surface area (Å²) in [5, 5.41) is 2.97. The van der Waals surface area contributed by atoms with Crippen molar-refractivity contribution >= 4 is 11.7 Å². The quantitative estimate of drug-likeness (QED) is 0.837.